The van der Waals surface area contributed by atoms with Gasteiger partial charge in [-0.15, -0.1) is 11.6 Å². The minimum atomic E-state index is 0.318. The molecule has 1 aromatic carbocycles. The van der Waals surface area contributed by atoms with Crippen LogP contribution in [0, 0.1) is 0 Å². The van der Waals surface area contributed by atoms with Gasteiger partial charge >= 0.3 is 0 Å². The molecule has 1 aliphatic rings. The number of fused-ring (bicyclic) bond motifs is 1. The molecule has 0 saturated heterocycles. The van der Waals surface area contributed by atoms with Crippen molar-refractivity contribution in [3.8, 4) is 0 Å². The largest absolute Gasteiger partial charge is 0.351 e. The molecule has 3 rings (SSSR count). The van der Waals surface area contributed by atoms with Crippen molar-refractivity contribution in [2.75, 3.05) is 5.32 Å². The molecule has 3 nitrogen and oxygen atoms in total. The fourth-order valence-electron chi connectivity index (χ4n) is 1.89. The second-order valence-electron chi connectivity index (χ2n) is 4.16. The van der Waals surface area contributed by atoms with Gasteiger partial charge in [0.1, 0.15) is 0 Å². The van der Waals surface area contributed by atoms with Crippen molar-refractivity contribution >= 4 is 28.5 Å². The summed E-state index contributed by atoms with van der Waals surface area (Å²) in [7, 11) is 0. The molecule has 0 atom stereocenters. The predicted molar refractivity (Wildman–Crippen MR) is 65.8 cm³/mol. The molecule has 1 heterocycles. The molecule has 4 heteroatoms. The summed E-state index contributed by atoms with van der Waals surface area (Å²) >= 11 is 5.92. The highest BCUT2D eigenvalue weighted by Crippen LogP contribution is 2.27. The molecule has 16 heavy (non-hydrogen) atoms. The molecule has 0 amide bonds. The molecular formula is C12H12ClN3. The molecule has 1 saturated carbocycles. The zero-order chi connectivity index (χ0) is 11.0. The smallest absolute Gasteiger partial charge is 0.223 e. The summed E-state index contributed by atoms with van der Waals surface area (Å²) in [5.41, 5.74) is 0.974. The van der Waals surface area contributed by atoms with Gasteiger partial charge in [-0.1, -0.05) is 18.2 Å². The third kappa shape index (κ3) is 1.83. The van der Waals surface area contributed by atoms with Gasteiger partial charge in [-0.2, -0.15) is 0 Å². The number of hydrogen-bond donors (Lipinski definition) is 1. The van der Waals surface area contributed by atoms with E-state index in [1.54, 1.807) is 0 Å². The van der Waals surface area contributed by atoms with E-state index in [1.165, 1.54) is 0 Å². The fraction of sp³-hybridized carbons (Fsp3) is 0.333. The molecule has 0 bridgehead atoms. The molecule has 0 spiro atoms. The van der Waals surface area contributed by atoms with Gasteiger partial charge in [-0.25, -0.2) is 9.97 Å². The Morgan fingerprint density at radius 1 is 1.25 bits per heavy atom. The van der Waals surface area contributed by atoms with Crippen LogP contribution in [0.2, 0.25) is 0 Å². The monoisotopic (exact) mass is 233 g/mol. The van der Waals surface area contributed by atoms with Gasteiger partial charge in [0.05, 0.1) is 5.52 Å². The highest BCUT2D eigenvalue weighted by molar-refractivity contribution is 6.21. The summed E-state index contributed by atoms with van der Waals surface area (Å²) in [6.45, 7) is 0. The van der Waals surface area contributed by atoms with Crippen LogP contribution in [-0.4, -0.2) is 21.4 Å². The van der Waals surface area contributed by atoms with Gasteiger partial charge in [0.25, 0.3) is 0 Å². The van der Waals surface area contributed by atoms with Crippen molar-refractivity contribution < 1.29 is 0 Å². The summed E-state index contributed by atoms with van der Waals surface area (Å²) in [6.07, 6.45) is 3.84. The van der Waals surface area contributed by atoms with Crippen LogP contribution < -0.4 is 5.32 Å². The first-order valence-electron chi connectivity index (χ1n) is 5.43. The van der Waals surface area contributed by atoms with Crippen LogP contribution in [0.25, 0.3) is 10.9 Å². The highest BCUT2D eigenvalue weighted by atomic mass is 35.5. The van der Waals surface area contributed by atoms with E-state index in [0.717, 1.165) is 23.7 Å². The number of benzene rings is 1. The van der Waals surface area contributed by atoms with Gasteiger partial charge in [-0.3, -0.25) is 0 Å². The number of aromatic nitrogens is 2. The average molecular weight is 234 g/mol. The van der Waals surface area contributed by atoms with Crippen molar-refractivity contribution in [3.05, 3.63) is 30.5 Å². The number of halogens is 1. The minimum absolute atomic E-state index is 0.318. The van der Waals surface area contributed by atoms with Gasteiger partial charge in [-0.05, 0) is 18.9 Å². The van der Waals surface area contributed by atoms with E-state index in [4.69, 9.17) is 11.6 Å². The quantitative estimate of drug-likeness (QED) is 0.811. The minimum Gasteiger partial charge on any atom is -0.351 e. The van der Waals surface area contributed by atoms with Crippen LogP contribution in [0.5, 0.6) is 0 Å². The molecule has 0 unspecified atom stereocenters. The highest BCUT2D eigenvalue weighted by Gasteiger charge is 2.27. The lowest BCUT2D eigenvalue weighted by Crippen LogP contribution is -2.36. The zero-order valence-electron chi connectivity index (χ0n) is 8.73. The maximum atomic E-state index is 5.92. The molecule has 1 fully saturated rings. The Bertz CT molecular complexity index is 508. The summed E-state index contributed by atoms with van der Waals surface area (Å²) in [4.78, 5) is 8.75. The lowest BCUT2D eigenvalue weighted by atomic mass is 9.93. The standard InChI is InChI=1S/C12H12ClN3/c13-9-5-10(6-9)15-12-14-7-8-3-1-2-4-11(8)16-12/h1-4,7,9-10H,5-6H2,(H,14,15,16). The van der Waals surface area contributed by atoms with Gasteiger partial charge in [0.15, 0.2) is 0 Å². The Morgan fingerprint density at radius 3 is 2.88 bits per heavy atom. The van der Waals surface area contributed by atoms with Crippen molar-refractivity contribution in [2.45, 2.75) is 24.3 Å². The van der Waals surface area contributed by atoms with Crippen LogP contribution in [0.4, 0.5) is 5.95 Å². The van der Waals surface area contributed by atoms with Crippen molar-refractivity contribution in [1.29, 1.82) is 0 Å². The first-order valence-corrected chi connectivity index (χ1v) is 5.87. The van der Waals surface area contributed by atoms with Crippen LogP contribution in [0.1, 0.15) is 12.8 Å². The van der Waals surface area contributed by atoms with Gasteiger partial charge in [0, 0.05) is 23.0 Å². The molecule has 1 aliphatic carbocycles. The van der Waals surface area contributed by atoms with E-state index in [9.17, 15) is 0 Å². The number of nitrogens with zero attached hydrogens (tertiary/aromatic N) is 2. The summed E-state index contributed by atoms with van der Waals surface area (Å²) in [6, 6.07) is 8.41. The predicted octanol–water partition coefficient (Wildman–Crippen LogP) is 2.81. The number of hydrogen-bond acceptors (Lipinski definition) is 3. The maximum Gasteiger partial charge on any atom is 0.223 e. The van der Waals surface area contributed by atoms with Crippen molar-refractivity contribution in [3.63, 3.8) is 0 Å². The van der Waals surface area contributed by atoms with Crippen LogP contribution in [-0.2, 0) is 0 Å². The first-order chi connectivity index (χ1) is 7.81. The lowest BCUT2D eigenvalue weighted by Gasteiger charge is -2.31. The van der Waals surface area contributed by atoms with Gasteiger partial charge in [0.2, 0.25) is 5.95 Å². The third-order valence-corrected chi connectivity index (χ3v) is 3.26. The Labute approximate surface area is 98.9 Å². The number of para-hydroxylation sites is 1. The lowest BCUT2D eigenvalue weighted by molar-refractivity contribution is 0.452. The zero-order valence-corrected chi connectivity index (χ0v) is 9.48. The second-order valence-corrected chi connectivity index (χ2v) is 4.78. The Kier molecular flexibility index (Phi) is 2.40. The molecule has 0 aliphatic heterocycles. The molecule has 82 valence electrons. The fourth-order valence-corrected chi connectivity index (χ4v) is 2.32. The van der Waals surface area contributed by atoms with E-state index in [-0.39, 0.29) is 0 Å². The topological polar surface area (TPSA) is 37.8 Å². The number of anilines is 1. The Balaban J connectivity index is 1.82. The molecule has 1 aromatic heterocycles. The van der Waals surface area contributed by atoms with E-state index in [1.807, 2.05) is 30.5 Å². The first kappa shape index (κ1) is 9.85. The SMILES string of the molecule is ClC1CC(Nc2ncc3ccccc3n2)C1. The summed E-state index contributed by atoms with van der Waals surface area (Å²) in [5, 5.41) is 4.68. The Morgan fingerprint density at radius 2 is 2.06 bits per heavy atom. The number of rotatable bonds is 2. The maximum absolute atomic E-state index is 5.92. The average Bonchev–Trinajstić information content (AvgIpc) is 2.27. The normalized spacial score (nSPS) is 24.1. The molecule has 1 N–H and O–H groups in total. The van der Waals surface area contributed by atoms with E-state index >= 15 is 0 Å². The van der Waals surface area contributed by atoms with Crippen LogP contribution in [0.3, 0.4) is 0 Å². The summed E-state index contributed by atoms with van der Waals surface area (Å²) < 4.78 is 0. The number of nitrogens with one attached hydrogen (secondary N) is 1. The van der Waals surface area contributed by atoms with E-state index in [0.29, 0.717) is 17.4 Å². The van der Waals surface area contributed by atoms with Gasteiger partial charge < -0.3 is 5.32 Å². The second kappa shape index (κ2) is 3.91. The van der Waals surface area contributed by atoms with Crippen LogP contribution >= 0.6 is 11.6 Å². The van der Waals surface area contributed by atoms with Crippen molar-refractivity contribution in [2.24, 2.45) is 0 Å². The van der Waals surface area contributed by atoms with Crippen molar-refractivity contribution in [1.82, 2.24) is 9.97 Å². The number of alkyl halides is 1. The third-order valence-electron chi connectivity index (χ3n) is 2.90. The summed E-state index contributed by atoms with van der Waals surface area (Å²) in [5.74, 6) is 0.701. The van der Waals surface area contributed by atoms with Crippen LogP contribution in [0.15, 0.2) is 30.5 Å². The van der Waals surface area contributed by atoms with E-state index < -0.39 is 0 Å². The molecular weight excluding hydrogens is 222 g/mol. The molecule has 0 radical (unpaired) electrons. The Hall–Kier alpha value is -1.35. The molecule has 2 aromatic rings. The van der Waals surface area contributed by atoms with E-state index in [2.05, 4.69) is 15.3 Å².